The fourth-order valence-electron chi connectivity index (χ4n) is 3.39. The predicted molar refractivity (Wildman–Crippen MR) is 92.9 cm³/mol. The summed E-state index contributed by atoms with van der Waals surface area (Å²) in [5.41, 5.74) is 0.719. The van der Waals surface area contributed by atoms with Crippen LogP contribution in [0.15, 0.2) is 24.3 Å². The van der Waals surface area contributed by atoms with Crippen molar-refractivity contribution in [3.8, 4) is 5.75 Å². The van der Waals surface area contributed by atoms with Gasteiger partial charge in [-0.05, 0) is 58.1 Å². The zero-order valence-electron chi connectivity index (χ0n) is 14.5. The van der Waals surface area contributed by atoms with E-state index in [1.807, 2.05) is 23.1 Å². The zero-order valence-corrected chi connectivity index (χ0v) is 14.5. The number of hydrogen-bond acceptors (Lipinski definition) is 3. The second kappa shape index (κ2) is 7.24. The molecule has 1 aliphatic heterocycles. The Morgan fingerprint density at radius 1 is 1.17 bits per heavy atom. The molecule has 130 valence electrons. The predicted octanol–water partition coefficient (Wildman–Crippen LogP) is 3.20. The van der Waals surface area contributed by atoms with Crippen LogP contribution >= 0.6 is 0 Å². The highest BCUT2D eigenvalue weighted by Gasteiger charge is 2.30. The number of ether oxygens (including phenoxy) is 1. The first kappa shape index (κ1) is 16.8. The van der Waals surface area contributed by atoms with Gasteiger partial charge in [-0.3, -0.25) is 9.59 Å². The maximum Gasteiger partial charge on any atom is 0.260 e. The van der Waals surface area contributed by atoms with Crippen molar-refractivity contribution in [1.82, 2.24) is 4.90 Å². The van der Waals surface area contributed by atoms with Crippen LogP contribution in [-0.4, -0.2) is 35.4 Å². The van der Waals surface area contributed by atoms with E-state index in [1.54, 1.807) is 6.07 Å². The summed E-state index contributed by atoms with van der Waals surface area (Å²) in [5, 5.41) is 2.90. The molecule has 0 radical (unpaired) electrons. The van der Waals surface area contributed by atoms with Crippen LogP contribution in [0.1, 0.15) is 46.0 Å². The lowest BCUT2D eigenvalue weighted by Gasteiger charge is -2.38. The Bertz CT molecular complexity index is 602. The number of benzene rings is 1. The van der Waals surface area contributed by atoms with Gasteiger partial charge in [0.25, 0.3) is 5.91 Å². The summed E-state index contributed by atoms with van der Waals surface area (Å²) >= 11 is 0. The Morgan fingerprint density at radius 3 is 2.54 bits per heavy atom. The summed E-state index contributed by atoms with van der Waals surface area (Å²) < 4.78 is 5.67. The number of rotatable bonds is 5. The first-order valence-corrected chi connectivity index (χ1v) is 8.89. The highest BCUT2D eigenvalue weighted by atomic mass is 16.5. The molecular formula is C19H26N2O3. The largest absolute Gasteiger partial charge is 0.484 e. The number of piperidine rings is 1. The summed E-state index contributed by atoms with van der Waals surface area (Å²) in [6.07, 6.45) is 5.23. The van der Waals surface area contributed by atoms with Gasteiger partial charge in [0.2, 0.25) is 5.91 Å². The van der Waals surface area contributed by atoms with E-state index in [1.165, 1.54) is 6.42 Å². The van der Waals surface area contributed by atoms with Gasteiger partial charge in [-0.2, -0.15) is 0 Å². The minimum atomic E-state index is 0.0297. The molecule has 1 aromatic carbocycles. The van der Waals surface area contributed by atoms with Gasteiger partial charge in [0.15, 0.2) is 6.61 Å². The van der Waals surface area contributed by atoms with Crippen LogP contribution < -0.4 is 10.1 Å². The number of nitrogens with one attached hydrogen (secondary N) is 1. The topological polar surface area (TPSA) is 58.6 Å². The van der Waals surface area contributed by atoms with E-state index in [-0.39, 0.29) is 36.4 Å². The van der Waals surface area contributed by atoms with Crippen molar-refractivity contribution in [3.05, 3.63) is 24.3 Å². The minimum absolute atomic E-state index is 0.0297. The molecule has 2 aliphatic rings. The van der Waals surface area contributed by atoms with Crippen LogP contribution in [0.3, 0.4) is 0 Å². The van der Waals surface area contributed by atoms with Crippen LogP contribution in [0.2, 0.25) is 0 Å². The number of anilines is 1. The Kier molecular flexibility index (Phi) is 5.07. The summed E-state index contributed by atoms with van der Waals surface area (Å²) in [6.45, 7) is 4.23. The van der Waals surface area contributed by atoms with Crippen molar-refractivity contribution in [2.24, 2.45) is 5.92 Å². The lowest BCUT2D eigenvalue weighted by Crippen LogP contribution is -2.49. The Balaban J connectivity index is 1.55. The Morgan fingerprint density at radius 2 is 1.88 bits per heavy atom. The molecule has 5 nitrogen and oxygen atoms in total. The quantitative estimate of drug-likeness (QED) is 0.902. The monoisotopic (exact) mass is 330 g/mol. The highest BCUT2D eigenvalue weighted by Crippen LogP contribution is 2.30. The first-order valence-electron chi connectivity index (χ1n) is 8.89. The summed E-state index contributed by atoms with van der Waals surface area (Å²) in [5.74, 6) is 0.869. The second-order valence-electron chi connectivity index (χ2n) is 7.01. The normalized spacial score (nSPS) is 23.7. The first-order chi connectivity index (χ1) is 11.5. The van der Waals surface area contributed by atoms with E-state index in [0.29, 0.717) is 5.75 Å². The van der Waals surface area contributed by atoms with E-state index < -0.39 is 0 Å². The van der Waals surface area contributed by atoms with Crippen molar-refractivity contribution in [2.75, 3.05) is 11.9 Å². The third kappa shape index (κ3) is 4.08. The molecule has 1 saturated heterocycles. The maximum absolute atomic E-state index is 12.5. The maximum atomic E-state index is 12.5. The number of nitrogens with zero attached hydrogens (tertiary/aromatic N) is 1. The summed E-state index contributed by atoms with van der Waals surface area (Å²) in [7, 11) is 0. The molecule has 1 aliphatic carbocycles. The van der Waals surface area contributed by atoms with Crippen LogP contribution in [-0.2, 0) is 9.59 Å². The molecule has 0 aromatic heterocycles. The molecule has 2 amide bonds. The lowest BCUT2D eigenvalue weighted by molar-refractivity contribution is -0.139. The molecule has 2 atom stereocenters. The zero-order chi connectivity index (χ0) is 17.1. The fourth-order valence-corrected chi connectivity index (χ4v) is 3.39. The second-order valence-corrected chi connectivity index (χ2v) is 7.01. The number of likely N-dealkylation sites (tertiary alicyclic amines) is 1. The number of hydrogen-bond donors (Lipinski definition) is 1. The molecule has 1 heterocycles. The molecule has 2 fully saturated rings. The van der Waals surface area contributed by atoms with E-state index >= 15 is 0 Å². The molecule has 0 unspecified atom stereocenters. The van der Waals surface area contributed by atoms with Gasteiger partial charge >= 0.3 is 0 Å². The molecule has 1 saturated carbocycles. The van der Waals surface area contributed by atoms with Gasteiger partial charge < -0.3 is 15.0 Å². The van der Waals surface area contributed by atoms with Crippen molar-refractivity contribution >= 4 is 17.5 Å². The van der Waals surface area contributed by atoms with Crippen molar-refractivity contribution in [1.29, 1.82) is 0 Å². The molecule has 5 heteroatoms. The van der Waals surface area contributed by atoms with Gasteiger partial charge in [0.05, 0.1) is 0 Å². The third-order valence-electron chi connectivity index (χ3n) is 4.89. The lowest BCUT2D eigenvalue weighted by atomic mass is 9.97. The average Bonchev–Trinajstić information content (AvgIpc) is 3.38. The number of amides is 2. The number of carbonyl (C=O) groups is 2. The van der Waals surface area contributed by atoms with Crippen molar-refractivity contribution < 1.29 is 14.3 Å². The molecule has 0 spiro atoms. The number of carbonyl (C=O) groups excluding carboxylic acids is 2. The Hall–Kier alpha value is -2.04. The van der Waals surface area contributed by atoms with Gasteiger partial charge in [0.1, 0.15) is 5.75 Å². The summed E-state index contributed by atoms with van der Waals surface area (Å²) in [4.78, 5) is 26.2. The van der Waals surface area contributed by atoms with Gasteiger partial charge in [-0.25, -0.2) is 0 Å². The van der Waals surface area contributed by atoms with Crippen LogP contribution in [0, 0.1) is 5.92 Å². The molecular weight excluding hydrogens is 304 g/mol. The Labute approximate surface area is 143 Å². The standard InChI is InChI=1S/C19H26N2O3/c1-13-5-3-6-14(2)21(13)18(22)12-24-17-8-4-7-16(11-17)20-19(23)15-9-10-15/h4,7-8,11,13-15H,3,5-6,9-10,12H2,1-2H3,(H,20,23)/t13-,14-/m0/s1. The highest BCUT2D eigenvalue weighted by molar-refractivity contribution is 5.94. The van der Waals surface area contributed by atoms with Gasteiger partial charge in [-0.15, -0.1) is 0 Å². The summed E-state index contributed by atoms with van der Waals surface area (Å²) in [6, 6.07) is 7.79. The van der Waals surface area contributed by atoms with E-state index in [0.717, 1.165) is 31.4 Å². The third-order valence-corrected chi connectivity index (χ3v) is 4.89. The van der Waals surface area contributed by atoms with E-state index in [9.17, 15) is 9.59 Å². The van der Waals surface area contributed by atoms with Gasteiger partial charge in [0, 0.05) is 29.8 Å². The molecule has 1 aromatic rings. The van der Waals surface area contributed by atoms with E-state index in [2.05, 4.69) is 19.2 Å². The smallest absolute Gasteiger partial charge is 0.260 e. The molecule has 0 bridgehead atoms. The average molecular weight is 330 g/mol. The van der Waals surface area contributed by atoms with Crippen LogP contribution in [0.5, 0.6) is 5.75 Å². The van der Waals surface area contributed by atoms with Crippen molar-refractivity contribution in [3.63, 3.8) is 0 Å². The molecule has 1 N–H and O–H groups in total. The van der Waals surface area contributed by atoms with E-state index in [4.69, 9.17) is 4.74 Å². The molecule has 24 heavy (non-hydrogen) atoms. The van der Waals surface area contributed by atoms with Crippen LogP contribution in [0.4, 0.5) is 5.69 Å². The molecule has 3 rings (SSSR count). The minimum Gasteiger partial charge on any atom is -0.484 e. The fraction of sp³-hybridized carbons (Fsp3) is 0.579. The SMILES string of the molecule is C[C@H]1CCC[C@H](C)N1C(=O)COc1cccc(NC(=O)C2CC2)c1. The van der Waals surface area contributed by atoms with Crippen LogP contribution in [0.25, 0.3) is 0 Å². The van der Waals surface area contributed by atoms with Crippen molar-refractivity contribution in [2.45, 2.75) is 58.0 Å². The van der Waals surface area contributed by atoms with Gasteiger partial charge in [-0.1, -0.05) is 6.07 Å².